The fourth-order valence-electron chi connectivity index (χ4n) is 3.41. The molecule has 0 unspecified atom stereocenters. The molecule has 0 aliphatic rings. The Kier molecular flexibility index (Phi) is 3.95. The Balaban J connectivity index is 1.88. The van der Waals surface area contributed by atoms with Gasteiger partial charge in [-0.2, -0.15) is 10.2 Å². The van der Waals surface area contributed by atoms with E-state index in [1.807, 2.05) is 50.4 Å². The molecule has 0 spiro atoms. The van der Waals surface area contributed by atoms with Gasteiger partial charge in [0.2, 0.25) is 11.8 Å². The number of fused-ring (bicyclic) bond motifs is 1. The number of benzene rings is 1. The highest BCUT2D eigenvalue weighted by Gasteiger charge is 2.22. The smallest absolute Gasteiger partial charge is 0.248 e. The van der Waals surface area contributed by atoms with Crippen molar-refractivity contribution in [1.82, 2.24) is 34.7 Å². The van der Waals surface area contributed by atoms with Crippen LogP contribution in [0.2, 0.25) is 5.02 Å². The van der Waals surface area contributed by atoms with Crippen molar-refractivity contribution in [2.45, 2.75) is 13.8 Å². The van der Waals surface area contributed by atoms with E-state index < -0.39 is 0 Å². The summed E-state index contributed by atoms with van der Waals surface area (Å²) in [5.74, 6) is 0.906. The summed E-state index contributed by atoms with van der Waals surface area (Å²) in [5.41, 5.74) is 4.53. The number of pyridine rings is 1. The second kappa shape index (κ2) is 6.52. The summed E-state index contributed by atoms with van der Waals surface area (Å²) in [7, 11) is 1.87. The normalized spacial score (nSPS) is 11.4. The molecule has 1 aromatic carbocycles. The molecular weight excluding hydrogens is 390 g/mol. The van der Waals surface area contributed by atoms with Crippen LogP contribution in [-0.4, -0.2) is 34.7 Å². The third kappa shape index (κ3) is 2.80. The summed E-state index contributed by atoms with van der Waals surface area (Å²) in [5, 5.41) is 18.6. The predicted molar refractivity (Wildman–Crippen MR) is 109 cm³/mol. The number of nitrogens with zero attached hydrogens (tertiary/aromatic N) is 7. The van der Waals surface area contributed by atoms with E-state index in [1.54, 1.807) is 22.5 Å². The lowest BCUT2D eigenvalue weighted by Crippen LogP contribution is -2.01. The minimum Gasteiger partial charge on any atom is -0.421 e. The lowest BCUT2D eigenvalue weighted by Gasteiger charge is -2.08. The van der Waals surface area contributed by atoms with E-state index in [2.05, 4.69) is 15.3 Å². The molecular formula is C20H16ClN7O. The van der Waals surface area contributed by atoms with Crippen LogP contribution in [0.1, 0.15) is 11.6 Å². The molecule has 0 fully saturated rings. The average Bonchev–Trinajstić information content (AvgIpc) is 3.41. The zero-order valence-corrected chi connectivity index (χ0v) is 16.7. The van der Waals surface area contributed by atoms with Gasteiger partial charge in [0.25, 0.3) is 0 Å². The first-order valence-corrected chi connectivity index (χ1v) is 9.35. The molecule has 0 amide bonds. The SMILES string of the molecule is Cc1nnc(-c2cc(-c3ccnn3C)nc3c2c(C)nn3-c2ccccc2Cl)o1. The maximum atomic E-state index is 6.45. The van der Waals surface area contributed by atoms with Crippen molar-refractivity contribution < 1.29 is 4.42 Å². The van der Waals surface area contributed by atoms with Crippen LogP contribution in [0.3, 0.4) is 0 Å². The second-order valence-corrected chi connectivity index (χ2v) is 7.08. The summed E-state index contributed by atoms with van der Waals surface area (Å²) in [6.07, 6.45) is 1.73. The van der Waals surface area contributed by atoms with Gasteiger partial charge in [0.15, 0.2) is 5.65 Å². The van der Waals surface area contributed by atoms with E-state index in [9.17, 15) is 0 Å². The molecule has 0 N–H and O–H groups in total. The van der Waals surface area contributed by atoms with E-state index in [0.29, 0.717) is 22.5 Å². The average molecular weight is 406 g/mol. The third-order valence-electron chi connectivity index (χ3n) is 4.73. The summed E-state index contributed by atoms with van der Waals surface area (Å²) >= 11 is 6.45. The van der Waals surface area contributed by atoms with Crippen LogP contribution in [0, 0.1) is 13.8 Å². The Bertz CT molecular complexity index is 1360. The predicted octanol–water partition coefficient (Wildman–Crippen LogP) is 4.14. The molecule has 0 aliphatic carbocycles. The third-order valence-corrected chi connectivity index (χ3v) is 5.05. The second-order valence-electron chi connectivity index (χ2n) is 6.67. The molecule has 5 rings (SSSR count). The van der Waals surface area contributed by atoms with Gasteiger partial charge < -0.3 is 4.42 Å². The Morgan fingerprint density at radius 3 is 2.59 bits per heavy atom. The van der Waals surface area contributed by atoms with Gasteiger partial charge in [0.05, 0.1) is 38.7 Å². The lowest BCUT2D eigenvalue weighted by atomic mass is 10.1. The van der Waals surface area contributed by atoms with Gasteiger partial charge >= 0.3 is 0 Å². The topological polar surface area (TPSA) is 87.5 Å². The maximum Gasteiger partial charge on any atom is 0.248 e. The first-order valence-electron chi connectivity index (χ1n) is 8.97. The highest BCUT2D eigenvalue weighted by molar-refractivity contribution is 6.32. The Hall–Kier alpha value is -3.52. The first kappa shape index (κ1) is 17.6. The van der Waals surface area contributed by atoms with Gasteiger partial charge in [-0.25, -0.2) is 9.67 Å². The van der Waals surface area contributed by atoms with Crippen molar-refractivity contribution in [3.05, 3.63) is 59.2 Å². The van der Waals surface area contributed by atoms with E-state index in [-0.39, 0.29) is 0 Å². The number of rotatable bonds is 3. The number of halogens is 1. The fourth-order valence-corrected chi connectivity index (χ4v) is 3.63. The Labute approximate surface area is 170 Å². The largest absolute Gasteiger partial charge is 0.421 e. The van der Waals surface area contributed by atoms with Crippen LogP contribution in [0.5, 0.6) is 0 Å². The number of hydrogen-bond acceptors (Lipinski definition) is 6. The summed E-state index contributed by atoms with van der Waals surface area (Å²) in [6, 6.07) is 11.4. The van der Waals surface area contributed by atoms with Crippen LogP contribution in [0.25, 0.3) is 39.6 Å². The molecule has 144 valence electrons. The van der Waals surface area contributed by atoms with Gasteiger partial charge in [0.1, 0.15) is 0 Å². The van der Waals surface area contributed by atoms with Crippen LogP contribution >= 0.6 is 11.6 Å². The van der Waals surface area contributed by atoms with Crippen molar-refractivity contribution in [2.24, 2.45) is 7.05 Å². The molecule has 0 aliphatic heterocycles. The van der Waals surface area contributed by atoms with Crippen molar-refractivity contribution >= 4 is 22.6 Å². The molecule has 0 atom stereocenters. The Morgan fingerprint density at radius 2 is 1.90 bits per heavy atom. The standard InChI is InChI=1S/C20H16ClN7O/c1-11-18-13(20-25-24-12(2)29-20)10-15(17-8-9-22-27(17)3)23-19(18)28(26-11)16-7-5-4-6-14(16)21/h4-10H,1-3H3. The number of hydrogen-bond donors (Lipinski definition) is 0. The minimum atomic E-state index is 0.417. The maximum absolute atomic E-state index is 6.45. The van der Waals surface area contributed by atoms with Crippen molar-refractivity contribution in [2.75, 3.05) is 0 Å². The summed E-state index contributed by atoms with van der Waals surface area (Å²) < 4.78 is 9.25. The van der Waals surface area contributed by atoms with Crippen molar-refractivity contribution in [1.29, 1.82) is 0 Å². The van der Waals surface area contributed by atoms with Gasteiger partial charge in [-0.3, -0.25) is 4.68 Å². The zero-order valence-electron chi connectivity index (χ0n) is 16.0. The lowest BCUT2D eigenvalue weighted by molar-refractivity contribution is 0.533. The highest BCUT2D eigenvalue weighted by atomic mass is 35.5. The van der Waals surface area contributed by atoms with E-state index >= 15 is 0 Å². The fraction of sp³-hybridized carbons (Fsp3) is 0.150. The van der Waals surface area contributed by atoms with E-state index in [0.717, 1.165) is 33.7 Å². The quantitative estimate of drug-likeness (QED) is 0.448. The van der Waals surface area contributed by atoms with Gasteiger partial charge in [-0.05, 0) is 31.2 Å². The zero-order chi connectivity index (χ0) is 20.1. The monoisotopic (exact) mass is 405 g/mol. The molecule has 0 saturated heterocycles. The van der Waals surface area contributed by atoms with Crippen LogP contribution in [0.15, 0.2) is 47.0 Å². The Morgan fingerprint density at radius 1 is 1.07 bits per heavy atom. The molecule has 5 aromatic rings. The van der Waals surface area contributed by atoms with Crippen LogP contribution < -0.4 is 0 Å². The van der Waals surface area contributed by atoms with Gasteiger partial charge in [0, 0.05) is 20.2 Å². The molecule has 0 bridgehead atoms. The first-order chi connectivity index (χ1) is 14.0. The number of aryl methyl sites for hydroxylation is 3. The number of para-hydroxylation sites is 1. The van der Waals surface area contributed by atoms with Crippen LogP contribution in [-0.2, 0) is 7.05 Å². The summed E-state index contributed by atoms with van der Waals surface area (Å²) in [6.45, 7) is 3.69. The van der Waals surface area contributed by atoms with E-state index in [1.165, 1.54) is 0 Å². The summed E-state index contributed by atoms with van der Waals surface area (Å²) in [4.78, 5) is 4.90. The molecule has 4 heterocycles. The van der Waals surface area contributed by atoms with E-state index in [4.69, 9.17) is 26.1 Å². The van der Waals surface area contributed by atoms with Crippen molar-refractivity contribution in [3.8, 4) is 28.5 Å². The molecule has 29 heavy (non-hydrogen) atoms. The van der Waals surface area contributed by atoms with Crippen LogP contribution in [0.4, 0.5) is 0 Å². The highest BCUT2D eigenvalue weighted by Crippen LogP contribution is 2.35. The number of aromatic nitrogens is 7. The minimum absolute atomic E-state index is 0.417. The molecule has 9 heteroatoms. The molecule has 0 radical (unpaired) electrons. The molecule has 8 nitrogen and oxygen atoms in total. The van der Waals surface area contributed by atoms with Gasteiger partial charge in [-0.15, -0.1) is 10.2 Å². The van der Waals surface area contributed by atoms with Gasteiger partial charge in [-0.1, -0.05) is 23.7 Å². The van der Waals surface area contributed by atoms with Crippen molar-refractivity contribution in [3.63, 3.8) is 0 Å². The molecule has 0 saturated carbocycles. The molecule has 4 aromatic heterocycles.